The van der Waals surface area contributed by atoms with Crippen molar-refractivity contribution in [2.24, 2.45) is 16.7 Å². The van der Waals surface area contributed by atoms with Crippen molar-refractivity contribution in [3.05, 3.63) is 35.6 Å². The summed E-state index contributed by atoms with van der Waals surface area (Å²) in [4.78, 5) is 0. The van der Waals surface area contributed by atoms with Gasteiger partial charge >= 0.3 is 0 Å². The van der Waals surface area contributed by atoms with Gasteiger partial charge in [-0.05, 0) is 41.8 Å². The van der Waals surface area contributed by atoms with Gasteiger partial charge in [-0.3, -0.25) is 0 Å². The highest BCUT2D eigenvalue weighted by Crippen LogP contribution is 2.69. The molecule has 1 unspecified atom stereocenters. The average molecular weight is 249 g/mol. The molecule has 100 valence electrons. The summed E-state index contributed by atoms with van der Waals surface area (Å²) in [5.41, 5.74) is 1.47. The number of rotatable bonds is 4. The second-order valence-electron chi connectivity index (χ2n) is 6.61. The van der Waals surface area contributed by atoms with E-state index in [2.05, 4.69) is 33.0 Å². The molecule has 0 saturated heterocycles. The van der Waals surface area contributed by atoms with Gasteiger partial charge in [0.1, 0.15) is 5.82 Å². The maximum Gasteiger partial charge on any atom is 0.126 e. The van der Waals surface area contributed by atoms with Crippen molar-refractivity contribution in [3.8, 4) is 0 Å². The SMILES string of the molecule is CNC(Cc1ccccc1F)C1C(C)(C)C1(C)C. The summed E-state index contributed by atoms with van der Waals surface area (Å²) >= 11 is 0. The van der Waals surface area contributed by atoms with E-state index in [0.29, 0.717) is 22.8 Å². The van der Waals surface area contributed by atoms with E-state index >= 15 is 0 Å². The summed E-state index contributed by atoms with van der Waals surface area (Å²) < 4.78 is 13.7. The van der Waals surface area contributed by atoms with E-state index in [-0.39, 0.29) is 5.82 Å². The summed E-state index contributed by atoms with van der Waals surface area (Å²) in [6.45, 7) is 9.24. The molecule has 0 heterocycles. The first-order valence-electron chi connectivity index (χ1n) is 6.73. The Morgan fingerprint density at radius 1 is 1.17 bits per heavy atom. The lowest BCUT2D eigenvalue weighted by molar-refractivity contribution is 0.415. The number of hydrogen-bond donors (Lipinski definition) is 1. The molecule has 0 amide bonds. The average Bonchev–Trinajstić information content (AvgIpc) is 2.70. The highest BCUT2D eigenvalue weighted by atomic mass is 19.1. The zero-order valence-electron chi connectivity index (χ0n) is 12.0. The van der Waals surface area contributed by atoms with Crippen molar-refractivity contribution in [3.63, 3.8) is 0 Å². The van der Waals surface area contributed by atoms with Crippen molar-refractivity contribution in [2.75, 3.05) is 7.05 Å². The van der Waals surface area contributed by atoms with Crippen LogP contribution in [0.1, 0.15) is 33.3 Å². The first kappa shape index (κ1) is 13.5. The van der Waals surface area contributed by atoms with Crippen LogP contribution in [0.2, 0.25) is 0 Å². The van der Waals surface area contributed by atoms with Gasteiger partial charge in [-0.25, -0.2) is 4.39 Å². The van der Waals surface area contributed by atoms with Crippen LogP contribution in [0.3, 0.4) is 0 Å². The van der Waals surface area contributed by atoms with Crippen molar-refractivity contribution < 1.29 is 4.39 Å². The van der Waals surface area contributed by atoms with Crippen LogP contribution in [-0.2, 0) is 6.42 Å². The molecule has 1 N–H and O–H groups in total. The molecule has 0 bridgehead atoms. The zero-order chi connectivity index (χ0) is 13.6. The molecule has 0 aliphatic heterocycles. The van der Waals surface area contributed by atoms with Crippen LogP contribution in [-0.4, -0.2) is 13.1 Å². The molecule has 1 aromatic rings. The van der Waals surface area contributed by atoms with Gasteiger partial charge < -0.3 is 5.32 Å². The van der Waals surface area contributed by atoms with Gasteiger partial charge in [-0.2, -0.15) is 0 Å². The molecule has 18 heavy (non-hydrogen) atoms. The number of hydrogen-bond acceptors (Lipinski definition) is 1. The lowest BCUT2D eigenvalue weighted by Gasteiger charge is -2.19. The van der Waals surface area contributed by atoms with Gasteiger partial charge in [0.05, 0.1) is 0 Å². The van der Waals surface area contributed by atoms with Gasteiger partial charge in [-0.15, -0.1) is 0 Å². The van der Waals surface area contributed by atoms with Crippen LogP contribution >= 0.6 is 0 Å². The van der Waals surface area contributed by atoms with Crippen LogP contribution in [0.5, 0.6) is 0 Å². The zero-order valence-corrected chi connectivity index (χ0v) is 12.0. The second kappa shape index (κ2) is 4.34. The monoisotopic (exact) mass is 249 g/mol. The van der Waals surface area contributed by atoms with E-state index in [4.69, 9.17) is 0 Å². The van der Waals surface area contributed by atoms with Crippen LogP contribution in [0.15, 0.2) is 24.3 Å². The molecule has 1 aliphatic rings. The second-order valence-corrected chi connectivity index (χ2v) is 6.61. The number of halogens is 1. The summed E-state index contributed by atoms with van der Waals surface area (Å²) in [5, 5.41) is 3.38. The van der Waals surface area contributed by atoms with Gasteiger partial charge in [0.2, 0.25) is 0 Å². The molecule has 1 aromatic carbocycles. The van der Waals surface area contributed by atoms with E-state index in [9.17, 15) is 4.39 Å². The Morgan fingerprint density at radius 2 is 1.72 bits per heavy atom. The molecule has 0 radical (unpaired) electrons. The molecule has 0 aromatic heterocycles. The van der Waals surface area contributed by atoms with E-state index in [1.54, 1.807) is 12.1 Å². The highest BCUT2D eigenvalue weighted by Gasteiger charge is 2.66. The van der Waals surface area contributed by atoms with Gasteiger partial charge in [0, 0.05) is 6.04 Å². The van der Waals surface area contributed by atoms with Crippen LogP contribution in [0.25, 0.3) is 0 Å². The Hall–Kier alpha value is -0.890. The van der Waals surface area contributed by atoms with Crippen molar-refractivity contribution in [1.29, 1.82) is 0 Å². The highest BCUT2D eigenvalue weighted by molar-refractivity contribution is 5.23. The third kappa shape index (κ3) is 1.97. The maximum absolute atomic E-state index is 13.7. The van der Waals surface area contributed by atoms with Gasteiger partial charge in [0.25, 0.3) is 0 Å². The van der Waals surface area contributed by atoms with Crippen molar-refractivity contribution >= 4 is 0 Å². The molecule has 2 heteroatoms. The fourth-order valence-electron chi connectivity index (χ4n) is 3.54. The van der Waals surface area contributed by atoms with Crippen molar-refractivity contribution in [2.45, 2.75) is 40.2 Å². The molecule has 1 nitrogen and oxygen atoms in total. The summed E-state index contributed by atoms with van der Waals surface area (Å²) in [5.74, 6) is 0.503. The van der Waals surface area contributed by atoms with E-state index < -0.39 is 0 Å². The Morgan fingerprint density at radius 3 is 2.17 bits per heavy atom. The summed E-state index contributed by atoms with van der Waals surface area (Å²) in [6, 6.07) is 7.44. The minimum Gasteiger partial charge on any atom is -0.316 e. The van der Waals surface area contributed by atoms with Crippen LogP contribution in [0, 0.1) is 22.6 Å². The smallest absolute Gasteiger partial charge is 0.126 e. The normalized spacial score (nSPS) is 22.8. The lowest BCUT2D eigenvalue weighted by Crippen LogP contribution is -2.32. The standard InChI is InChI=1S/C16H24FN/c1-15(2)14(16(15,3)4)13(18-5)10-11-8-6-7-9-12(11)17/h6-9,13-14,18H,10H2,1-5H3. The Kier molecular flexibility index (Phi) is 3.26. The fourth-order valence-corrected chi connectivity index (χ4v) is 3.54. The molecule has 1 atom stereocenters. The topological polar surface area (TPSA) is 12.0 Å². The van der Waals surface area contributed by atoms with E-state index in [0.717, 1.165) is 12.0 Å². The Labute approximate surface area is 110 Å². The molecule has 1 fully saturated rings. The molecule has 2 rings (SSSR count). The minimum atomic E-state index is -0.0889. The van der Waals surface area contributed by atoms with E-state index in [1.807, 2.05) is 19.2 Å². The Bertz CT molecular complexity index is 422. The molecule has 1 saturated carbocycles. The quantitative estimate of drug-likeness (QED) is 0.859. The maximum atomic E-state index is 13.7. The predicted octanol–water partition coefficient (Wildman–Crippen LogP) is 3.64. The minimum absolute atomic E-state index is 0.0889. The molecule has 0 spiro atoms. The third-order valence-electron chi connectivity index (χ3n) is 5.30. The molecular weight excluding hydrogens is 225 g/mol. The number of benzene rings is 1. The summed E-state index contributed by atoms with van der Waals surface area (Å²) in [6.07, 6.45) is 0.765. The third-order valence-corrected chi connectivity index (χ3v) is 5.30. The van der Waals surface area contributed by atoms with Gasteiger partial charge in [0.15, 0.2) is 0 Å². The number of likely N-dealkylation sites (N-methyl/N-ethyl adjacent to an activating group) is 1. The summed E-state index contributed by atoms with van der Waals surface area (Å²) in [7, 11) is 1.98. The predicted molar refractivity (Wildman–Crippen MR) is 74.0 cm³/mol. The molecule has 1 aliphatic carbocycles. The number of nitrogens with one attached hydrogen (secondary N) is 1. The van der Waals surface area contributed by atoms with Crippen LogP contribution < -0.4 is 5.32 Å². The van der Waals surface area contributed by atoms with Crippen molar-refractivity contribution in [1.82, 2.24) is 5.32 Å². The molecular formula is C16H24FN. The van der Waals surface area contributed by atoms with Gasteiger partial charge in [-0.1, -0.05) is 45.9 Å². The van der Waals surface area contributed by atoms with Crippen LogP contribution in [0.4, 0.5) is 4.39 Å². The van der Waals surface area contributed by atoms with E-state index in [1.165, 1.54) is 0 Å². The Balaban J connectivity index is 2.16. The fraction of sp³-hybridized carbons (Fsp3) is 0.625. The first-order valence-corrected chi connectivity index (χ1v) is 6.73. The lowest BCUT2D eigenvalue weighted by atomic mass is 9.97. The first-order chi connectivity index (χ1) is 8.32. The largest absolute Gasteiger partial charge is 0.316 e.